The van der Waals surface area contributed by atoms with Crippen LogP contribution in [-0.4, -0.2) is 20.3 Å². The average Bonchev–Trinajstić information content (AvgIpc) is 2.62. The first kappa shape index (κ1) is 17.2. The van der Waals surface area contributed by atoms with Crippen LogP contribution in [0, 0.1) is 18.3 Å². The second-order valence-electron chi connectivity index (χ2n) is 5.71. The number of para-hydroxylation sites is 1. The van der Waals surface area contributed by atoms with Crippen molar-refractivity contribution in [3.63, 3.8) is 0 Å². The molecule has 6 heteroatoms. The molecule has 0 saturated heterocycles. The normalized spacial score (nSPS) is 10.7. The van der Waals surface area contributed by atoms with Gasteiger partial charge in [0, 0.05) is 18.4 Å². The van der Waals surface area contributed by atoms with Gasteiger partial charge in [-0.15, -0.1) is 0 Å². The smallest absolute Gasteiger partial charge is 0.267 e. The van der Waals surface area contributed by atoms with Crippen molar-refractivity contribution >= 4 is 22.7 Å². The van der Waals surface area contributed by atoms with Crippen molar-refractivity contribution < 1.29 is 0 Å². The van der Waals surface area contributed by atoms with Crippen LogP contribution in [0.5, 0.6) is 0 Å². The second-order valence-corrected chi connectivity index (χ2v) is 6.77. The summed E-state index contributed by atoms with van der Waals surface area (Å²) in [5, 5.41) is 9.85. The van der Waals surface area contributed by atoms with E-state index in [0.717, 1.165) is 24.2 Å². The zero-order chi connectivity index (χ0) is 17.6. The fraction of sp³-hybridized carbons (Fsp3) is 0.263. The Morgan fingerprint density at radius 1 is 1.24 bits per heavy atom. The highest BCUT2D eigenvalue weighted by Gasteiger charge is 2.14. The van der Waals surface area contributed by atoms with E-state index in [1.807, 2.05) is 37.3 Å². The lowest BCUT2D eigenvalue weighted by molar-refractivity contribution is 0.786. The zero-order valence-electron chi connectivity index (χ0n) is 14.0. The highest BCUT2D eigenvalue weighted by molar-refractivity contribution is 7.99. The van der Waals surface area contributed by atoms with E-state index in [1.165, 1.54) is 11.8 Å². The van der Waals surface area contributed by atoms with E-state index in [9.17, 15) is 4.79 Å². The van der Waals surface area contributed by atoms with Crippen molar-refractivity contribution in [3.05, 3.63) is 58.5 Å². The number of hydrogen-bond donors (Lipinski definition) is 0. The molecule has 0 aliphatic heterocycles. The first-order chi connectivity index (χ1) is 12.2. The molecule has 0 amide bonds. The minimum atomic E-state index is -0.108. The van der Waals surface area contributed by atoms with Crippen molar-refractivity contribution in [3.8, 4) is 11.9 Å². The molecule has 0 radical (unpaired) electrons. The van der Waals surface area contributed by atoms with Gasteiger partial charge in [0.1, 0.15) is 5.82 Å². The Morgan fingerprint density at radius 3 is 2.88 bits per heavy atom. The zero-order valence-corrected chi connectivity index (χ0v) is 14.8. The van der Waals surface area contributed by atoms with E-state index in [0.29, 0.717) is 28.3 Å². The van der Waals surface area contributed by atoms with E-state index in [2.05, 4.69) is 16.0 Å². The van der Waals surface area contributed by atoms with Gasteiger partial charge in [0.15, 0.2) is 5.16 Å². The van der Waals surface area contributed by atoms with E-state index in [4.69, 9.17) is 5.26 Å². The lowest BCUT2D eigenvalue weighted by Crippen LogP contribution is -2.22. The molecule has 2 aromatic heterocycles. The van der Waals surface area contributed by atoms with Crippen LogP contribution in [0.2, 0.25) is 0 Å². The predicted molar refractivity (Wildman–Crippen MR) is 100 cm³/mol. The molecular formula is C19H18N4OS. The largest absolute Gasteiger partial charge is 0.268 e. The average molecular weight is 350 g/mol. The van der Waals surface area contributed by atoms with E-state index >= 15 is 0 Å². The summed E-state index contributed by atoms with van der Waals surface area (Å²) in [5.41, 5.74) is 1.62. The Hall–Kier alpha value is -2.65. The van der Waals surface area contributed by atoms with Crippen LogP contribution in [0.25, 0.3) is 16.7 Å². The summed E-state index contributed by atoms with van der Waals surface area (Å²) in [4.78, 5) is 22.1. The van der Waals surface area contributed by atoms with Crippen molar-refractivity contribution in [2.45, 2.75) is 31.3 Å². The number of aryl methyl sites for hydroxylation is 1. The number of unbranched alkanes of at least 4 members (excludes halogenated alkanes) is 2. The highest BCUT2D eigenvalue weighted by atomic mass is 32.2. The number of nitriles is 1. The van der Waals surface area contributed by atoms with Crippen LogP contribution in [0.3, 0.4) is 0 Å². The van der Waals surface area contributed by atoms with Gasteiger partial charge < -0.3 is 0 Å². The van der Waals surface area contributed by atoms with Crippen LogP contribution in [0.1, 0.15) is 24.8 Å². The summed E-state index contributed by atoms with van der Waals surface area (Å²) in [5.74, 6) is 1.39. The molecule has 1 aromatic carbocycles. The summed E-state index contributed by atoms with van der Waals surface area (Å²) >= 11 is 1.53. The van der Waals surface area contributed by atoms with E-state index < -0.39 is 0 Å². The van der Waals surface area contributed by atoms with Gasteiger partial charge in [-0.3, -0.25) is 4.79 Å². The van der Waals surface area contributed by atoms with Gasteiger partial charge in [0.25, 0.3) is 5.56 Å². The quantitative estimate of drug-likeness (QED) is 0.383. The molecule has 0 unspecified atom stereocenters. The third-order valence-electron chi connectivity index (χ3n) is 3.79. The van der Waals surface area contributed by atoms with Gasteiger partial charge in [-0.2, -0.15) is 5.26 Å². The monoisotopic (exact) mass is 350 g/mol. The molecule has 3 aromatic rings. The number of benzene rings is 1. The Balaban J connectivity index is 2.05. The Bertz CT molecular complexity index is 991. The topological polar surface area (TPSA) is 71.6 Å². The molecule has 25 heavy (non-hydrogen) atoms. The van der Waals surface area contributed by atoms with Gasteiger partial charge >= 0.3 is 0 Å². The molecule has 0 aliphatic carbocycles. The molecule has 0 fully saturated rings. The van der Waals surface area contributed by atoms with Crippen LogP contribution >= 0.6 is 11.8 Å². The minimum absolute atomic E-state index is 0.108. The number of fused-ring (bicyclic) bond motifs is 1. The molecular weight excluding hydrogens is 332 g/mol. The Labute approximate surface area is 150 Å². The van der Waals surface area contributed by atoms with Crippen molar-refractivity contribution in [2.75, 3.05) is 5.75 Å². The standard InChI is InChI=1S/C19H18N4OS/c1-14-9-11-21-17(13-14)23-18(24)15-7-3-4-8-16(15)22-19(23)25-12-6-2-5-10-20/h3-4,7-9,11,13H,2,5-6,12H2,1H3. The fourth-order valence-corrected chi connectivity index (χ4v) is 3.52. The molecule has 0 N–H and O–H groups in total. The third kappa shape index (κ3) is 3.89. The maximum atomic E-state index is 13.0. The van der Waals surface area contributed by atoms with Crippen LogP contribution < -0.4 is 5.56 Å². The lowest BCUT2D eigenvalue weighted by atomic mass is 10.2. The SMILES string of the molecule is Cc1ccnc(-n2c(SCCCCC#N)nc3ccccc3c2=O)c1. The second kappa shape index (κ2) is 7.95. The van der Waals surface area contributed by atoms with Gasteiger partial charge in [-0.05, 0) is 49.6 Å². The minimum Gasteiger partial charge on any atom is -0.268 e. The van der Waals surface area contributed by atoms with Crippen LogP contribution in [-0.2, 0) is 0 Å². The predicted octanol–water partition coefficient (Wildman–Crippen LogP) is 3.88. The Morgan fingerprint density at radius 2 is 2.08 bits per heavy atom. The summed E-state index contributed by atoms with van der Waals surface area (Å²) in [6, 6.07) is 13.3. The van der Waals surface area contributed by atoms with Gasteiger partial charge in [-0.25, -0.2) is 14.5 Å². The number of rotatable bonds is 6. The molecule has 126 valence electrons. The fourth-order valence-electron chi connectivity index (χ4n) is 2.52. The lowest BCUT2D eigenvalue weighted by Gasteiger charge is -2.12. The molecule has 0 aliphatic rings. The number of nitrogens with zero attached hydrogens (tertiary/aromatic N) is 4. The molecule has 0 atom stereocenters. The Kier molecular flexibility index (Phi) is 5.46. The molecule has 3 rings (SSSR count). The van der Waals surface area contributed by atoms with E-state index in [-0.39, 0.29) is 5.56 Å². The van der Waals surface area contributed by atoms with Crippen molar-refractivity contribution in [2.24, 2.45) is 0 Å². The molecule has 5 nitrogen and oxygen atoms in total. The molecule has 0 bridgehead atoms. The number of aromatic nitrogens is 3. The molecule has 0 saturated carbocycles. The van der Waals surface area contributed by atoms with Crippen LogP contribution in [0.15, 0.2) is 52.5 Å². The summed E-state index contributed by atoms with van der Waals surface area (Å²) < 4.78 is 1.59. The van der Waals surface area contributed by atoms with Gasteiger partial charge in [0.05, 0.1) is 17.0 Å². The van der Waals surface area contributed by atoms with Gasteiger partial charge in [-0.1, -0.05) is 23.9 Å². The summed E-state index contributed by atoms with van der Waals surface area (Å²) in [6.07, 6.45) is 4.01. The van der Waals surface area contributed by atoms with Crippen molar-refractivity contribution in [1.29, 1.82) is 5.26 Å². The van der Waals surface area contributed by atoms with Crippen molar-refractivity contribution in [1.82, 2.24) is 14.5 Å². The van der Waals surface area contributed by atoms with Crippen LogP contribution in [0.4, 0.5) is 0 Å². The number of thioether (sulfide) groups is 1. The molecule has 0 spiro atoms. The number of hydrogen-bond acceptors (Lipinski definition) is 5. The first-order valence-corrected chi connectivity index (χ1v) is 9.14. The maximum absolute atomic E-state index is 13.0. The summed E-state index contributed by atoms with van der Waals surface area (Å²) in [7, 11) is 0. The first-order valence-electron chi connectivity index (χ1n) is 8.15. The highest BCUT2D eigenvalue weighted by Crippen LogP contribution is 2.22. The maximum Gasteiger partial charge on any atom is 0.267 e. The van der Waals surface area contributed by atoms with E-state index in [1.54, 1.807) is 16.8 Å². The summed E-state index contributed by atoms with van der Waals surface area (Å²) in [6.45, 7) is 1.97. The number of pyridine rings is 1. The van der Waals surface area contributed by atoms with Gasteiger partial charge in [0.2, 0.25) is 0 Å². The molecule has 2 heterocycles. The third-order valence-corrected chi connectivity index (χ3v) is 4.81.